The minimum Gasteiger partial charge on any atom is -0.335 e. The van der Waals surface area contributed by atoms with Crippen molar-refractivity contribution in [3.63, 3.8) is 0 Å². The lowest BCUT2D eigenvalue weighted by Crippen LogP contribution is -2.33. The summed E-state index contributed by atoms with van der Waals surface area (Å²) in [7, 11) is 0. The monoisotopic (exact) mass is 320 g/mol. The smallest absolute Gasteiger partial charge is 0.246 e. The molecular formula is C21H24N2O. The molecule has 3 heteroatoms. The van der Waals surface area contributed by atoms with Gasteiger partial charge in [0, 0.05) is 23.4 Å². The lowest BCUT2D eigenvalue weighted by molar-refractivity contribution is -0.119. The molecule has 3 aromatic rings. The summed E-state index contributed by atoms with van der Waals surface area (Å²) in [5.41, 5.74) is 4.46. The van der Waals surface area contributed by atoms with E-state index < -0.39 is 0 Å². The molecule has 0 saturated heterocycles. The predicted octanol–water partition coefficient (Wildman–Crippen LogP) is 4.57. The van der Waals surface area contributed by atoms with E-state index in [1.807, 2.05) is 36.1 Å². The highest BCUT2D eigenvalue weighted by molar-refractivity contribution is 5.94. The Morgan fingerprint density at radius 2 is 1.83 bits per heavy atom. The van der Waals surface area contributed by atoms with Crippen LogP contribution in [0.15, 0.2) is 54.6 Å². The SMILES string of the molecule is CCc1cccc(N(CC)C(=O)Cn2c(C)cc3ccccc32)c1. The molecule has 0 N–H and O–H groups in total. The molecule has 1 amide bonds. The van der Waals surface area contributed by atoms with Crippen LogP contribution in [-0.2, 0) is 17.8 Å². The van der Waals surface area contributed by atoms with Gasteiger partial charge in [0.1, 0.15) is 6.54 Å². The van der Waals surface area contributed by atoms with Crippen molar-refractivity contribution >= 4 is 22.5 Å². The van der Waals surface area contributed by atoms with Crippen molar-refractivity contribution < 1.29 is 4.79 Å². The Labute approximate surface area is 143 Å². The molecule has 124 valence electrons. The average Bonchev–Trinajstić information content (AvgIpc) is 2.91. The molecule has 1 heterocycles. The molecule has 0 unspecified atom stereocenters. The van der Waals surface area contributed by atoms with Gasteiger partial charge in [0.25, 0.3) is 0 Å². The number of likely N-dealkylation sites (N-methyl/N-ethyl adjacent to an activating group) is 1. The third kappa shape index (κ3) is 3.07. The Morgan fingerprint density at radius 1 is 1.04 bits per heavy atom. The Kier molecular flexibility index (Phi) is 4.70. The molecule has 3 rings (SSSR count). The number of hydrogen-bond acceptors (Lipinski definition) is 1. The van der Waals surface area contributed by atoms with Crippen molar-refractivity contribution in [3.8, 4) is 0 Å². The fraction of sp³-hybridized carbons (Fsp3) is 0.286. The number of hydrogen-bond donors (Lipinski definition) is 0. The van der Waals surface area contributed by atoms with Gasteiger partial charge in [-0.25, -0.2) is 0 Å². The fourth-order valence-corrected chi connectivity index (χ4v) is 3.23. The summed E-state index contributed by atoms with van der Waals surface area (Å²) in [6.45, 7) is 7.25. The van der Waals surface area contributed by atoms with Gasteiger partial charge in [-0.3, -0.25) is 4.79 Å². The topological polar surface area (TPSA) is 25.2 Å². The Hall–Kier alpha value is -2.55. The third-order valence-electron chi connectivity index (χ3n) is 4.56. The van der Waals surface area contributed by atoms with Gasteiger partial charge >= 0.3 is 0 Å². The van der Waals surface area contributed by atoms with Crippen molar-refractivity contribution in [2.75, 3.05) is 11.4 Å². The minimum atomic E-state index is 0.121. The van der Waals surface area contributed by atoms with E-state index in [4.69, 9.17) is 0 Å². The highest BCUT2D eigenvalue weighted by Crippen LogP contribution is 2.21. The second kappa shape index (κ2) is 6.91. The van der Waals surface area contributed by atoms with Crippen LogP contribution in [0.2, 0.25) is 0 Å². The zero-order valence-electron chi connectivity index (χ0n) is 14.6. The second-order valence-corrected chi connectivity index (χ2v) is 6.09. The Morgan fingerprint density at radius 3 is 2.58 bits per heavy atom. The van der Waals surface area contributed by atoms with E-state index in [1.54, 1.807) is 0 Å². The molecule has 24 heavy (non-hydrogen) atoms. The van der Waals surface area contributed by atoms with Crippen LogP contribution >= 0.6 is 0 Å². The van der Waals surface area contributed by atoms with Crippen molar-refractivity contribution in [1.82, 2.24) is 4.57 Å². The molecule has 0 spiro atoms. The summed E-state index contributed by atoms with van der Waals surface area (Å²) < 4.78 is 2.10. The molecule has 0 saturated carbocycles. The first-order chi connectivity index (χ1) is 11.6. The summed E-state index contributed by atoms with van der Waals surface area (Å²) in [5.74, 6) is 0.121. The zero-order valence-corrected chi connectivity index (χ0v) is 14.6. The highest BCUT2D eigenvalue weighted by atomic mass is 16.2. The molecule has 2 aromatic carbocycles. The van der Waals surface area contributed by atoms with E-state index in [9.17, 15) is 4.79 Å². The number of aromatic nitrogens is 1. The summed E-state index contributed by atoms with van der Waals surface area (Å²) in [5, 5.41) is 1.18. The fourth-order valence-electron chi connectivity index (χ4n) is 3.23. The lowest BCUT2D eigenvalue weighted by Gasteiger charge is -2.22. The number of benzene rings is 2. The van der Waals surface area contributed by atoms with E-state index >= 15 is 0 Å². The normalized spacial score (nSPS) is 11.0. The van der Waals surface area contributed by atoms with E-state index in [2.05, 4.69) is 48.7 Å². The molecule has 0 aliphatic rings. The lowest BCUT2D eigenvalue weighted by atomic mass is 10.1. The molecule has 0 radical (unpaired) electrons. The number of carbonyl (C=O) groups excluding carboxylic acids is 1. The molecule has 1 aromatic heterocycles. The summed E-state index contributed by atoms with van der Waals surface area (Å²) >= 11 is 0. The maximum atomic E-state index is 12.9. The van der Waals surface area contributed by atoms with Crippen LogP contribution in [0.3, 0.4) is 0 Å². The number of amides is 1. The number of aryl methyl sites for hydroxylation is 2. The molecule has 0 bridgehead atoms. The van der Waals surface area contributed by atoms with Crippen LogP contribution in [0.1, 0.15) is 25.1 Å². The maximum absolute atomic E-state index is 12.9. The van der Waals surface area contributed by atoms with E-state index in [0.717, 1.165) is 23.3 Å². The van der Waals surface area contributed by atoms with Gasteiger partial charge in [-0.2, -0.15) is 0 Å². The first kappa shape index (κ1) is 16.3. The van der Waals surface area contributed by atoms with E-state index in [1.165, 1.54) is 10.9 Å². The third-order valence-corrected chi connectivity index (χ3v) is 4.56. The highest BCUT2D eigenvalue weighted by Gasteiger charge is 2.16. The zero-order chi connectivity index (χ0) is 17.1. The number of anilines is 1. The van der Waals surface area contributed by atoms with Crippen LogP contribution in [0, 0.1) is 6.92 Å². The first-order valence-corrected chi connectivity index (χ1v) is 8.58. The molecule has 0 aliphatic carbocycles. The summed E-state index contributed by atoms with van der Waals surface area (Å²) in [6, 6.07) is 18.6. The van der Waals surface area contributed by atoms with E-state index in [-0.39, 0.29) is 5.91 Å². The quantitative estimate of drug-likeness (QED) is 0.676. The van der Waals surface area contributed by atoms with Crippen LogP contribution < -0.4 is 4.90 Å². The maximum Gasteiger partial charge on any atom is 0.246 e. The standard InChI is InChI=1S/C21H24N2O/c1-4-17-9-8-11-19(14-17)22(5-2)21(24)15-23-16(3)13-18-10-6-7-12-20(18)23/h6-14H,4-5,15H2,1-3H3. The van der Waals surface area contributed by atoms with Crippen LogP contribution in [-0.4, -0.2) is 17.0 Å². The Bertz CT molecular complexity index is 863. The number of nitrogens with zero attached hydrogens (tertiary/aromatic N) is 2. The average molecular weight is 320 g/mol. The van der Waals surface area contributed by atoms with Gasteiger partial charge in [0.15, 0.2) is 0 Å². The molecule has 0 aliphatic heterocycles. The largest absolute Gasteiger partial charge is 0.335 e. The predicted molar refractivity (Wildman–Crippen MR) is 101 cm³/mol. The Balaban J connectivity index is 1.90. The van der Waals surface area contributed by atoms with Crippen molar-refractivity contribution in [3.05, 3.63) is 65.9 Å². The number of fused-ring (bicyclic) bond motifs is 1. The van der Waals surface area contributed by atoms with Gasteiger partial charge in [0.05, 0.1) is 0 Å². The summed E-state index contributed by atoms with van der Waals surface area (Å²) in [4.78, 5) is 14.8. The molecular weight excluding hydrogens is 296 g/mol. The second-order valence-electron chi connectivity index (χ2n) is 6.09. The van der Waals surface area contributed by atoms with Gasteiger partial charge in [-0.15, -0.1) is 0 Å². The molecule has 0 atom stereocenters. The van der Waals surface area contributed by atoms with Crippen LogP contribution in [0.25, 0.3) is 10.9 Å². The minimum absolute atomic E-state index is 0.121. The van der Waals surface area contributed by atoms with Crippen LogP contribution in [0.5, 0.6) is 0 Å². The van der Waals surface area contributed by atoms with Gasteiger partial charge in [-0.05, 0) is 55.5 Å². The number of rotatable bonds is 5. The van der Waals surface area contributed by atoms with Crippen molar-refractivity contribution in [2.45, 2.75) is 33.7 Å². The molecule has 0 fully saturated rings. The van der Waals surface area contributed by atoms with Crippen molar-refractivity contribution in [1.29, 1.82) is 0 Å². The van der Waals surface area contributed by atoms with Gasteiger partial charge in [0.2, 0.25) is 5.91 Å². The summed E-state index contributed by atoms with van der Waals surface area (Å²) in [6.07, 6.45) is 0.973. The van der Waals surface area contributed by atoms with Crippen molar-refractivity contribution in [2.24, 2.45) is 0 Å². The van der Waals surface area contributed by atoms with Gasteiger partial charge < -0.3 is 9.47 Å². The van der Waals surface area contributed by atoms with E-state index in [0.29, 0.717) is 13.1 Å². The number of para-hydroxylation sites is 1. The van der Waals surface area contributed by atoms with Gasteiger partial charge in [-0.1, -0.05) is 37.3 Å². The molecule has 3 nitrogen and oxygen atoms in total. The first-order valence-electron chi connectivity index (χ1n) is 8.58. The number of carbonyl (C=O) groups is 1. The van der Waals surface area contributed by atoms with Crippen LogP contribution in [0.4, 0.5) is 5.69 Å².